The van der Waals surface area contributed by atoms with E-state index in [2.05, 4.69) is 10.3 Å². The van der Waals surface area contributed by atoms with Crippen molar-refractivity contribution in [3.05, 3.63) is 62.4 Å². The van der Waals surface area contributed by atoms with Crippen molar-refractivity contribution >= 4 is 22.9 Å². The molecule has 0 saturated carbocycles. The van der Waals surface area contributed by atoms with Gasteiger partial charge in [-0.2, -0.15) is 13.2 Å². The number of aromatic amines is 1. The van der Waals surface area contributed by atoms with Crippen LogP contribution >= 0.6 is 0 Å². The Bertz CT molecular complexity index is 1300. The zero-order chi connectivity index (χ0) is 23.6. The molecule has 32 heavy (non-hydrogen) atoms. The highest BCUT2D eigenvalue weighted by Gasteiger charge is 2.35. The number of fused-ring (bicyclic) bond motifs is 1. The van der Waals surface area contributed by atoms with E-state index >= 15 is 0 Å². The summed E-state index contributed by atoms with van der Waals surface area (Å²) in [5.74, 6) is -1.12. The molecule has 0 aliphatic rings. The van der Waals surface area contributed by atoms with E-state index in [1.165, 1.54) is 30.0 Å². The first-order valence-corrected chi connectivity index (χ1v) is 9.46. The highest BCUT2D eigenvalue weighted by Crippen LogP contribution is 2.36. The van der Waals surface area contributed by atoms with E-state index in [9.17, 15) is 32.3 Å². The smallest absolute Gasteiger partial charge is 0.418 e. The van der Waals surface area contributed by atoms with Gasteiger partial charge in [-0.25, -0.2) is 0 Å². The lowest BCUT2D eigenvalue weighted by Crippen LogP contribution is -2.38. The van der Waals surface area contributed by atoms with Crippen molar-refractivity contribution in [2.24, 2.45) is 0 Å². The summed E-state index contributed by atoms with van der Waals surface area (Å²) in [4.78, 5) is 49.5. The van der Waals surface area contributed by atoms with E-state index in [1.807, 2.05) is 0 Å². The van der Waals surface area contributed by atoms with Gasteiger partial charge in [0, 0.05) is 25.9 Å². The highest BCUT2D eigenvalue weighted by molar-refractivity contribution is 5.81. The molecule has 0 fully saturated rings. The Labute approximate surface area is 178 Å². The van der Waals surface area contributed by atoms with Gasteiger partial charge in [-0.1, -0.05) is 0 Å². The fourth-order valence-corrected chi connectivity index (χ4v) is 3.16. The number of esters is 1. The summed E-state index contributed by atoms with van der Waals surface area (Å²) in [5.41, 5.74) is -3.47. The number of carbonyl (C=O) groups excluding carboxylic acids is 2. The number of H-pyrrole nitrogens is 1. The Hall–Kier alpha value is -3.83. The Balaban J connectivity index is 2.24. The maximum Gasteiger partial charge on any atom is 0.418 e. The Morgan fingerprint density at radius 3 is 2.56 bits per heavy atom. The summed E-state index contributed by atoms with van der Waals surface area (Å²) < 4.78 is 48.2. The van der Waals surface area contributed by atoms with E-state index < -0.39 is 35.4 Å². The van der Waals surface area contributed by atoms with Gasteiger partial charge in [-0.05, 0) is 30.7 Å². The molecular formula is C20H19F3N4O5. The number of hydrogen-bond acceptors (Lipinski definition) is 5. The molecule has 12 heteroatoms. The monoisotopic (exact) mass is 452 g/mol. The summed E-state index contributed by atoms with van der Waals surface area (Å²) in [6.45, 7) is 2.36. The number of hydrogen-bond donors (Lipinski definition) is 2. The molecule has 0 radical (unpaired) electrons. The van der Waals surface area contributed by atoms with Crippen molar-refractivity contribution in [3.63, 3.8) is 0 Å². The van der Waals surface area contributed by atoms with Gasteiger partial charge < -0.3 is 19.6 Å². The third-order valence-corrected chi connectivity index (χ3v) is 4.56. The van der Waals surface area contributed by atoms with Gasteiger partial charge in [0.2, 0.25) is 5.91 Å². The topological polar surface area (TPSA) is 115 Å². The van der Waals surface area contributed by atoms with Crippen molar-refractivity contribution in [2.45, 2.75) is 33.1 Å². The van der Waals surface area contributed by atoms with Gasteiger partial charge in [0.25, 0.3) is 0 Å². The minimum atomic E-state index is -4.79. The van der Waals surface area contributed by atoms with E-state index in [1.54, 1.807) is 6.92 Å². The molecule has 0 spiro atoms. The number of ether oxygens (including phenoxy) is 1. The van der Waals surface area contributed by atoms with E-state index in [0.29, 0.717) is 11.6 Å². The molecule has 3 aromatic rings. The zero-order valence-electron chi connectivity index (χ0n) is 17.1. The fraction of sp³-hybridized carbons (Fsp3) is 0.300. The number of amides is 1. The summed E-state index contributed by atoms with van der Waals surface area (Å²) in [5, 5.41) is 2.55. The van der Waals surface area contributed by atoms with Gasteiger partial charge in [0.05, 0.1) is 28.9 Å². The van der Waals surface area contributed by atoms with E-state index in [4.69, 9.17) is 4.74 Å². The third kappa shape index (κ3) is 4.74. The molecule has 1 aromatic carbocycles. The fourth-order valence-electron chi connectivity index (χ4n) is 3.16. The summed E-state index contributed by atoms with van der Waals surface area (Å²) in [6.07, 6.45) is -2.02. The van der Waals surface area contributed by atoms with Gasteiger partial charge in [-0.15, -0.1) is 0 Å². The lowest BCUT2D eigenvalue weighted by atomic mass is 10.1. The molecule has 0 bridgehead atoms. The van der Waals surface area contributed by atoms with E-state index in [0.717, 1.165) is 10.6 Å². The number of benzene rings is 1. The van der Waals surface area contributed by atoms with Gasteiger partial charge in [0.1, 0.15) is 6.54 Å². The molecule has 2 N–H and O–H groups in total. The number of carbonyl (C=O) groups is 2. The lowest BCUT2D eigenvalue weighted by molar-refractivity contribution is -0.143. The normalized spacial score (nSPS) is 11.5. The largest absolute Gasteiger partial charge is 0.465 e. The molecule has 170 valence electrons. The second-order valence-electron chi connectivity index (χ2n) is 6.87. The number of alkyl halides is 3. The van der Waals surface area contributed by atoms with Crippen molar-refractivity contribution in [3.8, 4) is 5.69 Å². The van der Waals surface area contributed by atoms with Crippen LogP contribution < -0.4 is 16.4 Å². The Morgan fingerprint density at radius 1 is 1.22 bits per heavy atom. The number of nitrogens with one attached hydrogen (secondary N) is 2. The quantitative estimate of drug-likeness (QED) is 0.436. The van der Waals surface area contributed by atoms with Crippen molar-refractivity contribution in [1.82, 2.24) is 19.4 Å². The second kappa shape index (κ2) is 8.73. The van der Waals surface area contributed by atoms with Crippen LogP contribution in [0.5, 0.6) is 0 Å². The standard InChI is InChI=1S/C20H19F3N4O5/c1-3-32-17(29)10-27-16-7-15(26-5-4-12(9-26)8-24-11(2)28)13(20(21,22)23)6-14(16)25-18(30)19(27)31/h4-7,9H,3,8,10H2,1-2H3,(H,24,28)(H,25,30). The Kier molecular flexibility index (Phi) is 6.23. The van der Waals surface area contributed by atoms with Crippen LogP contribution in [0.2, 0.25) is 0 Å². The molecule has 9 nitrogen and oxygen atoms in total. The van der Waals surface area contributed by atoms with Gasteiger partial charge in [0.15, 0.2) is 0 Å². The molecule has 0 atom stereocenters. The Morgan fingerprint density at radius 2 is 1.94 bits per heavy atom. The first-order valence-electron chi connectivity index (χ1n) is 9.46. The number of rotatable bonds is 6. The van der Waals surface area contributed by atoms with Crippen molar-refractivity contribution < 1.29 is 27.5 Å². The maximum atomic E-state index is 13.8. The predicted molar refractivity (Wildman–Crippen MR) is 107 cm³/mol. The van der Waals surface area contributed by atoms with Gasteiger partial charge in [-0.3, -0.25) is 23.7 Å². The molecule has 0 unspecified atom stereocenters. The average Bonchev–Trinajstić information content (AvgIpc) is 3.17. The van der Waals surface area contributed by atoms with Crippen LogP contribution in [0.3, 0.4) is 0 Å². The maximum absolute atomic E-state index is 13.8. The number of nitrogens with zero attached hydrogens (tertiary/aromatic N) is 2. The minimum absolute atomic E-state index is 0.0264. The third-order valence-electron chi connectivity index (χ3n) is 4.56. The molecule has 2 aromatic heterocycles. The summed E-state index contributed by atoms with van der Waals surface area (Å²) in [7, 11) is 0. The summed E-state index contributed by atoms with van der Waals surface area (Å²) >= 11 is 0. The van der Waals surface area contributed by atoms with Crippen LogP contribution in [0.25, 0.3) is 16.7 Å². The average molecular weight is 452 g/mol. The SMILES string of the molecule is CCOC(=O)Cn1c(=O)c(=O)[nH]c2cc(C(F)(F)F)c(-n3ccc(CNC(C)=O)c3)cc21. The minimum Gasteiger partial charge on any atom is -0.465 e. The second-order valence-corrected chi connectivity index (χ2v) is 6.87. The number of aromatic nitrogens is 3. The molecule has 1 amide bonds. The first kappa shape index (κ1) is 22.8. The molecule has 0 aliphatic carbocycles. The number of halogens is 3. The first-order chi connectivity index (χ1) is 15.0. The van der Waals surface area contributed by atoms with Crippen LogP contribution in [-0.2, 0) is 33.6 Å². The molecule has 3 rings (SSSR count). The zero-order valence-corrected chi connectivity index (χ0v) is 17.1. The summed E-state index contributed by atoms with van der Waals surface area (Å²) in [6, 6.07) is 3.30. The van der Waals surface area contributed by atoms with Crippen molar-refractivity contribution in [1.29, 1.82) is 0 Å². The van der Waals surface area contributed by atoms with Crippen LogP contribution in [0, 0.1) is 0 Å². The van der Waals surface area contributed by atoms with Crippen LogP contribution in [0.15, 0.2) is 40.2 Å². The molecule has 2 heterocycles. The highest BCUT2D eigenvalue weighted by atomic mass is 19.4. The molecule has 0 aliphatic heterocycles. The van der Waals surface area contributed by atoms with E-state index in [-0.39, 0.29) is 35.8 Å². The molecular weight excluding hydrogens is 433 g/mol. The van der Waals surface area contributed by atoms with Crippen LogP contribution in [-0.4, -0.2) is 32.6 Å². The van der Waals surface area contributed by atoms with Crippen LogP contribution in [0.4, 0.5) is 13.2 Å². The lowest BCUT2D eigenvalue weighted by Gasteiger charge is -2.17. The predicted octanol–water partition coefficient (Wildman–Crippen LogP) is 1.70. The van der Waals surface area contributed by atoms with Crippen molar-refractivity contribution in [2.75, 3.05) is 6.61 Å². The molecule has 0 saturated heterocycles. The van der Waals surface area contributed by atoms with Gasteiger partial charge >= 0.3 is 23.3 Å². The van der Waals surface area contributed by atoms with Crippen LogP contribution in [0.1, 0.15) is 25.0 Å².